The number of rotatable bonds is 7. The van der Waals surface area contributed by atoms with Crippen molar-refractivity contribution in [3.63, 3.8) is 0 Å². The average Bonchev–Trinajstić information content (AvgIpc) is 2.73. The molecule has 2 N–H and O–H groups in total. The largest absolute Gasteiger partial charge is 0.350 e. The molecule has 2 aromatic carbocycles. The normalized spacial score (nSPS) is 20.0. The zero-order valence-corrected chi connectivity index (χ0v) is 19.9. The van der Waals surface area contributed by atoms with Crippen LogP contribution in [0, 0.1) is 17.7 Å². The first-order chi connectivity index (χ1) is 15.0. The zero-order valence-electron chi connectivity index (χ0n) is 19.1. The highest BCUT2D eigenvalue weighted by atomic mass is 32.2. The number of sulfonamides is 1. The predicted molar refractivity (Wildman–Crippen MR) is 125 cm³/mol. The van der Waals surface area contributed by atoms with Gasteiger partial charge in [-0.15, -0.1) is 0 Å². The number of benzene rings is 2. The highest BCUT2D eigenvalue weighted by molar-refractivity contribution is 7.92. The summed E-state index contributed by atoms with van der Waals surface area (Å²) in [5.41, 5.74) is 0.0508. The second kappa shape index (κ2) is 9.58. The van der Waals surface area contributed by atoms with Gasteiger partial charge in [0.15, 0.2) is 0 Å². The number of nitrogens with one attached hydrogen (secondary N) is 2. The molecule has 8 heteroatoms. The number of para-hydroxylation sites is 1. The molecule has 0 saturated carbocycles. The van der Waals surface area contributed by atoms with Crippen molar-refractivity contribution in [3.05, 3.63) is 59.9 Å². The van der Waals surface area contributed by atoms with Crippen molar-refractivity contribution in [1.82, 2.24) is 10.2 Å². The zero-order chi connectivity index (χ0) is 23.5. The Hall–Kier alpha value is -2.45. The topological polar surface area (TPSA) is 78.5 Å². The number of piperidine rings is 1. The highest BCUT2D eigenvalue weighted by Crippen LogP contribution is 2.27. The van der Waals surface area contributed by atoms with E-state index in [0.29, 0.717) is 23.9 Å². The lowest BCUT2D eigenvalue weighted by atomic mass is 9.88. The molecule has 0 spiro atoms. The van der Waals surface area contributed by atoms with Crippen LogP contribution in [0.1, 0.15) is 44.5 Å². The highest BCUT2D eigenvalue weighted by Gasteiger charge is 2.33. The first kappa shape index (κ1) is 24.2. The van der Waals surface area contributed by atoms with Gasteiger partial charge in [0.1, 0.15) is 5.82 Å². The molecule has 3 rings (SSSR count). The fourth-order valence-corrected chi connectivity index (χ4v) is 5.27. The minimum Gasteiger partial charge on any atom is -0.350 e. The van der Waals surface area contributed by atoms with E-state index in [9.17, 15) is 17.6 Å². The quantitative estimate of drug-likeness (QED) is 0.650. The molecule has 32 heavy (non-hydrogen) atoms. The van der Waals surface area contributed by atoms with Gasteiger partial charge < -0.3 is 5.32 Å². The standard InChI is InChI=1S/C24H32FN3O3S/c1-17-13-18(2)15-28(14-17)24(3,4)16-26-23(29)19-9-11-20(12-10-19)32(30,31)27-22-8-6-5-7-21(22)25/h5-12,17-18,27H,13-16H2,1-4H3,(H,26,29). The van der Waals surface area contributed by atoms with Crippen molar-refractivity contribution in [2.24, 2.45) is 11.8 Å². The Morgan fingerprint density at radius 2 is 1.66 bits per heavy atom. The third-order valence-corrected chi connectivity index (χ3v) is 7.33. The summed E-state index contributed by atoms with van der Waals surface area (Å²) in [5, 5.41) is 2.98. The van der Waals surface area contributed by atoms with E-state index in [2.05, 4.69) is 42.6 Å². The molecule has 1 fully saturated rings. The molecule has 174 valence electrons. The number of nitrogens with zero attached hydrogens (tertiary/aromatic N) is 1. The van der Waals surface area contributed by atoms with Crippen LogP contribution >= 0.6 is 0 Å². The molecule has 0 radical (unpaired) electrons. The summed E-state index contributed by atoms with van der Waals surface area (Å²) in [7, 11) is -3.97. The Labute approximate surface area is 190 Å². The van der Waals surface area contributed by atoms with Crippen molar-refractivity contribution >= 4 is 21.6 Å². The summed E-state index contributed by atoms with van der Waals surface area (Å²) in [6.45, 7) is 11.3. The van der Waals surface area contributed by atoms with E-state index in [1.165, 1.54) is 48.9 Å². The first-order valence-electron chi connectivity index (χ1n) is 10.9. The van der Waals surface area contributed by atoms with Crippen LogP contribution in [0.15, 0.2) is 53.4 Å². The molecule has 1 saturated heterocycles. The van der Waals surface area contributed by atoms with Crippen molar-refractivity contribution in [3.8, 4) is 0 Å². The lowest BCUT2D eigenvalue weighted by molar-refractivity contribution is 0.0445. The maximum atomic E-state index is 13.8. The van der Waals surface area contributed by atoms with Crippen molar-refractivity contribution in [2.75, 3.05) is 24.4 Å². The number of amides is 1. The van der Waals surface area contributed by atoms with E-state index >= 15 is 0 Å². The third kappa shape index (κ3) is 5.86. The van der Waals surface area contributed by atoms with Gasteiger partial charge in [0, 0.05) is 30.7 Å². The van der Waals surface area contributed by atoms with Gasteiger partial charge >= 0.3 is 0 Å². The smallest absolute Gasteiger partial charge is 0.261 e. The maximum absolute atomic E-state index is 13.8. The number of likely N-dealkylation sites (tertiary alicyclic amines) is 1. The van der Waals surface area contributed by atoms with Crippen LogP contribution < -0.4 is 10.0 Å². The van der Waals surface area contributed by atoms with E-state index in [1.807, 2.05) is 0 Å². The van der Waals surface area contributed by atoms with E-state index in [0.717, 1.165) is 13.1 Å². The van der Waals surface area contributed by atoms with Crippen molar-refractivity contribution in [1.29, 1.82) is 0 Å². The number of anilines is 1. The van der Waals surface area contributed by atoms with Gasteiger partial charge in [-0.3, -0.25) is 14.4 Å². The van der Waals surface area contributed by atoms with E-state index < -0.39 is 15.8 Å². The second-order valence-electron chi connectivity index (χ2n) is 9.46. The lowest BCUT2D eigenvalue weighted by Gasteiger charge is -2.45. The van der Waals surface area contributed by atoms with Gasteiger partial charge in [-0.2, -0.15) is 0 Å². The number of hydrogen-bond acceptors (Lipinski definition) is 4. The molecule has 0 aliphatic carbocycles. The molecular weight excluding hydrogens is 429 g/mol. The van der Waals surface area contributed by atoms with Crippen LogP contribution in [0.2, 0.25) is 0 Å². The summed E-state index contributed by atoms with van der Waals surface area (Å²) < 4.78 is 41.1. The van der Waals surface area contributed by atoms with Crippen LogP contribution in [-0.4, -0.2) is 44.4 Å². The van der Waals surface area contributed by atoms with Crippen LogP contribution in [0.25, 0.3) is 0 Å². The van der Waals surface area contributed by atoms with Gasteiger partial charge in [0.25, 0.3) is 15.9 Å². The second-order valence-corrected chi connectivity index (χ2v) is 11.1. The predicted octanol–water partition coefficient (Wildman–Crippen LogP) is 4.11. The van der Waals surface area contributed by atoms with Gasteiger partial charge in [0.05, 0.1) is 10.6 Å². The van der Waals surface area contributed by atoms with Crippen LogP contribution in [0.5, 0.6) is 0 Å². The molecule has 2 unspecified atom stereocenters. The fraction of sp³-hybridized carbons (Fsp3) is 0.458. The average molecular weight is 462 g/mol. The minimum absolute atomic E-state index is 0.0473. The third-order valence-electron chi connectivity index (χ3n) is 5.95. The van der Waals surface area contributed by atoms with Crippen molar-refractivity contribution < 1.29 is 17.6 Å². The number of carbonyl (C=O) groups excluding carboxylic acids is 1. The molecule has 0 bridgehead atoms. The van der Waals surface area contributed by atoms with Crippen LogP contribution in [-0.2, 0) is 10.0 Å². The van der Waals surface area contributed by atoms with Gasteiger partial charge in [-0.25, -0.2) is 12.8 Å². The SMILES string of the molecule is CC1CC(C)CN(C(C)(C)CNC(=O)c2ccc(S(=O)(=O)Nc3ccccc3F)cc2)C1. The van der Waals surface area contributed by atoms with Gasteiger partial charge in [-0.05, 0) is 68.5 Å². The summed E-state index contributed by atoms with van der Waals surface area (Å²) >= 11 is 0. The number of hydrogen-bond donors (Lipinski definition) is 2. The summed E-state index contributed by atoms with van der Waals surface area (Å²) in [5.74, 6) is 0.330. The molecular formula is C24H32FN3O3S. The Morgan fingerprint density at radius 1 is 1.06 bits per heavy atom. The number of carbonyl (C=O) groups is 1. The Bertz CT molecular complexity index is 1040. The minimum atomic E-state index is -3.97. The van der Waals surface area contributed by atoms with Gasteiger partial charge in [0.2, 0.25) is 0 Å². The Morgan fingerprint density at radius 3 is 2.25 bits per heavy atom. The van der Waals surface area contributed by atoms with Crippen LogP contribution in [0.3, 0.4) is 0 Å². The monoisotopic (exact) mass is 461 g/mol. The Balaban J connectivity index is 1.63. The van der Waals surface area contributed by atoms with Crippen LogP contribution in [0.4, 0.5) is 10.1 Å². The summed E-state index contributed by atoms with van der Waals surface area (Å²) in [6.07, 6.45) is 1.22. The van der Waals surface area contributed by atoms with E-state index in [1.54, 1.807) is 6.07 Å². The van der Waals surface area contributed by atoms with E-state index in [4.69, 9.17) is 0 Å². The molecule has 1 heterocycles. The Kier molecular flexibility index (Phi) is 7.25. The molecule has 6 nitrogen and oxygen atoms in total. The molecule has 0 aromatic heterocycles. The van der Waals surface area contributed by atoms with Crippen molar-refractivity contribution in [2.45, 2.75) is 44.6 Å². The number of halogens is 1. The fourth-order valence-electron chi connectivity index (χ4n) is 4.20. The first-order valence-corrected chi connectivity index (χ1v) is 12.4. The maximum Gasteiger partial charge on any atom is 0.261 e. The summed E-state index contributed by atoms with van der Waals surface area (Å²) in [4.78, 5) is 15.0. The molecule has 2 atom stereocenters. The summed E-state index contributed by atoms with van der Waals surface area (Å²) in [6, 6.07) is 11.2. The molecule has 2 aromatic rings. The van der Waals surface area contributed by atoms with E-state index in [-0.39, 0.29) is 22.0 Å². The molecule has 1 amide bonds. The lowest BCUT2D eigenvalue weighted by Crippen LogP contribution is -2.56. The van der Waals surface area contributed by atoms with Gasteiger partial charge in [-0.1, -0.05) is 26.0 Å². The molecule has 1 aliphatic heterocycles. The molecule has 1 aliphatic rings.